The van der Waals surface area contributed by atoms with Crippen LogP contribution in [0.2, 0.25) is 0 Å². The van der Waals surface area contributed by atoms with E-state index in [9.17, 15) is 0 Å². The average Bonchev–Trinajstić information content (AvgIpc) is 2.87. The van der Waals surface area contributed by atoms with Gasteiger partial charge in [0.15, 0.2) is 0 Å². The maximum Gasteiger partial charge on any atom is 0.0242 e. The highest BCUT2D eigenvalue weighted by atomic mass is 35.5. The number of fused-ring (bicyclic) bond motifs is 1. The third-order valence-electron chi connectivity index (χ3n) is 4.19. The van der Waals surface area contributed by atoms with Gasteiger partial charge in [-0.25, -0.2) is 0 Å². The third kappa shape index (κ3) is 2.77. The normalized spacial score (nSPS) is 20.2. The van der Waals surface area contributed by atoms with E-state index >= 15 is 0 Å². The van der Waals surface area contributed by atoms with Crippen molar-refractivity contribution in [3.05, 3.63) is 48.0 Å². The summed E-state index contributed by atoms with van der Waals surface area (Å²) < 4.78 is 0. The van der Waals surface area contributed by atoms with Gasteiger partial charge in [0.1, 0.15) is 0 Å². The van der Waals surface area contributed by atoms with Crippen LogP contribution in [-0.2, 0) is 6.54 Å². The van der Waals surface area contributed by atoms with Crippen LogP contribution >= 0.6 is 11.6 Å². The van der Waals surface area contributed by atoms with Crippen molar-refractivity contribution in [2.75, 3.05) is 12.4 Å². The van der Waals surface area contributed by atoms with Crippen LogP contribution in [0, 0.1) is 0 Å². The number of hydrogen-bond acceptors (Lipinski definition) is 1. The molecule has 1 aliphatic heterocycles. The number of alkyl halides is 1. The largest absolute Gasteiger partial charge is 0.296 e. The molecule has 1 fully saturated rings. The molecule has 100 valence electrons. The molecule has 1 atom stereocenters. The Labute approximate surface area is 120 Å². The van der Waals surface area contributed by atoms with E-state index in [1.165, 1.54) is 35.7 Å². The summed E-state index contributed by atoms with van der Waals surface area (Å²) in [5, 5.41) is 2.73. The van der Waals surface area contributed by atoms with Gasteiger partial charge in [0.25, 0.3) is 0 Å². The summed E-state index contributed by atoms with van der Waals surface area (Å²) >= 11 is 5.92. The van der Waals surface area contributed by atoms with E-state index in [0.717, 1.165) is 18.8 Å². The number of halogens is 1. The van der Waals surface area contributed by atoms with Crippen molar-refractivity contribution < 1.29 is 0 Å². The van der Waals surface area contributed by atoms with Crippen LogP contribution in [-0.4, -0.2) is 23.4 Å². The highest BCUT2D eigenvalue weighted by Gasteiger charge is 2.24. The van der Waals surface area contributed by atoms with E-state index in [1.807, 2.05) is 0 Å². The maximum absolute atomic E-state index is 5.92. The van der Waals surface area contributed by atoms with Gasteiger partial charge < -0.3 is 0 Å². The predicted octanol–water partition coefficient (Wildman–Crippen LogP) is 4.43. The SMILES string of the molecule is ClCCC1CCCN1Cc1cccc2ccccc12. The molecule has 1 nitrogen and oxygen atoms in total. The molecule has 3 rings (SSSR count). The maximum atomic E-state index is 5.92. The lowest BCUT2D eigenvalue weighted by molar-refractivity contribution is 0.241. The molecule has 0 radical (unpaired) electrons. The van der Waals surface area contributed by atoms with E-state index < -0.39 is 0 Å². The summed E-state index contributed by atoms with van der Waals surface area (Å²) in [6.07, 6.45) is 3.73. The molecule has 19 heavy (non-hydrogen) atoms. The molecule has 0 N–H and O–H groups in total. The molecule has 0 spiro atoms. The van der Waals surface area contributed by atoms with Gasteiger partial charge in [-0.15, -0.1) is 11.6 Å². The Hall–Kier alpha value is -1.05. The lowest BCUT2D eigenvalue weighted by Gasteiger charge is -2.24. The van der Waals surface area contributed by atoms with Gasteiger partial charge >= 0.3 is 0 Å². The van der Waals surface area contributed by atoms with Crippen molar-refractivity contribution >= 4 is 22.4 Å². The van der Waals surface area contributed by atoms with E-state index in [-0.39, 0.29) is 0 Å². The van der Waals surface area contributed by atoms with E-state index in [4.69, 9.17) is 11.6 Å². The number of rotatable bonds is 4. The third-order valence-corrected chi connectivity index (χ3v) is 4.41. The molecule has 1 heterocycles. The quantitative estimate of drug-likeness (QED) is 0.745. The zero-order chi connectivity index (χ0) is 13.1. The van der Waals surface area contributed by atoms with Crippen molar-refractivity contribution in [1.82, 2.24) is 4.90 Å². The Balaban J connectivity index is 1.85. The smallest absolute Gasteiger partial charge is 0.0242 e. The fourth-order valence-corrected chi connectivity index (χ4v) is 3.46. The first kappa shape index (κ1) is 13.0. The van der Waals surface area contributed by atoms with Crippen molar-refractivity contribution in [1.29, 1.82) is 0 Å². The van der Waals surface area contributed by atoms with E-state index in [1.54, 1.807) is 0 Å². The summed E-state index contributed by atoms with van der Waals surface area (Å²) in [5.41, 5.74) is 1.44. The van der Waals surface area contributed by atoms with Gasteiger partial charge in [0.2, 0.25) is 0 Å². The highest BCUT2D eigenvalue weighted by Crippen LogP contribution is 2.26. The Morgan fingerprint density at radius 2 is 1.95 bits per heavy atom. The van der Waals surface area contributed by atoms with Gasteiger partial charge in [-0.05, 0) is 42.1 Å². The highest BCUT2D eigenvalue weighted by molar-refractivity contribution is 6.17. The lowest BCUT2D eigenvalue weighted by atomic mass is 10.0. The summed E-state index contributed by atoms with van der Waals surface area (Å²) in [6, 6.07) is 16.0. The van der Waals surface area contributed by atoms with E-state index in [0.29, 0.717) is 6.04 Å². The lowest BCUT2D eigenvalue weighted by Crippen LogP contribution is -2.29. The van der Waals surface area contributed by atoms with Gasteiger partial charge in [-0.2, -0.15) is 0 Å². The van der Waals surface area contributed by atoms with Crippen LogP contribution in [0.4, 0.5) is 0 Å². The molecule has 0 saturated carbocycles. The van der Waals surface area contributed by atoms with Crippen molar-refractivity contribution in [2.45, 2.75) is 31.8 Å². The fraction of sp³-hybridized carbons (Fsp3) is 0.412. The molecule has 0 bridgehead atoms. The molecule has 2 aromatic rings. The van der Waals surface area contributed by atoms with Crippen LogP contribution in [0.25, 0.3) is 10.8 Å². The Morgan fingerprint density at radius 1 is 1.11 bits per heavy atom. The average molecular weight is 274 g/mol. The number of likely N-dealkylation sites (tertiary alicyclic amines) is 1. The molecule has 1 unspecified atom stereocenters. The molecule has 0 aromatic heterocycles. The van der Waals surface area contributed by atoms with Crippen molar-refractivity contribution in [2.24, 2.45) is 0 Å². The Morgan fingerprint density at radius 3 is 2.84 bits per heavy atom. The van der Waals surface area contributed by atoms with Crippen LogP contribution in [0.5, 0.6) is 0 Å². The molecule has 2 aromatic carbocycles. The summed E-state index contributed by atoms with van der Waals surface area (Å²) in [5.74, 6) is 0.775. The number of nitrogens with zero attached hydrogens (tertiary/aromatic N) is 1. The predicted molar refractivity (Wildman–Crippen MR) is 82.7 cm³/mol. The molecule has 2 heteroatoms. The van der Waals surface area contributed by atoms with Crippen molar-refractivity contribution in [3.8, 4) is 0 Å². The second-order valence-electron chi connectivity index (χ2n) is 5.38. The zero-order valence-electron chi connectivity index (χ0n) is 11.2. The molecule has 0 aliphatic carbocycles. The van der Waals surface area contributed by atoms with Crippen LogP contribution in [0.15, 0.2) is 42.5 Å². The molecule has 0 amide bonds. The standard InChI is InChI=1S/C17H20ClN/c18-11-10-16-8-4-12-19(16)13-15-7-3-6-14-5-1-2-9-17(14)15/h1-3,5-7,9,16H,4,8,10-13H2. The van der Waals surface area contributed by atoms with Crippen LogP contribution in [0.1, 0.15) is 24.8 Å². The minimum atomic E-state index is 0.677. The van der Waals surface area contributed by atoms with Crippen molar-refractivity contribution in [3.63, 3.8) is 0 Å². The minimum Gasteiger partial charge on any atom is -0.296 e. The first-order valence-corrected chi connectivity index (χ1v) is 7.68. The Bertz CT molecular complexity index is 546. The minimum absolute atomic E-state index is 0.677. The van der Waals surface area contributed by atoms with E-state index in [2.05, 4.69) is 47.4 Å². The first-order valence-electron chi connectivity index (χ1n) is 7.15. The summed E-state index contributed by atoms with van der Waals surface area (Å²) in [7, 11) is 0. The first-order chi connectivity index (χ1) is 9.38. The molecular weight excluding hydrogens is 254 g/mol. The number of hydrogen-bond donors (Lipinski definition) is 0. The monoisotopic (exact) mass is 273 g/mol. The summed E-state index contributed by atoms with van der Waals surface area (Å²) in [4.78, 5) is 2.60. The second-order valence-corrected chi connectivity index (χ2v) is 5.76. The van der Waals surface area contributed by atoms with Crippen LogP contribution in [0.3, 0.4) is 0 Å². The van der Waals surface area contributed by atoms with Gasteiger partial charge in [-0.3, -0.25) is 4.90 Å². The second kappa shape index (κ2) is 5.94. The fourth-order valence-electron chi connectivity index (χ4n) is 3.21. The molecule has 1 saturated heterocycles. The van der Waals surface area contributed by atoms with Gasteiger partial charge in [-0.1, -0.05) is 42.5 Å². The molecular formula is C17H20ClN. The Kier molecular flexibility index (Phi) is 4.05. The number of benzene rings is 2. The summed E-state index contributed by atoms with van der Waals surface area (Å²) in [6.45, 7) is 2.27. The van der Waals surface area contributed by atoms with Gasteiger partial charge in [0.05, 0.1) is 0 Å². The van der Waals surface area contributed by atoms with Gasteiger partial charge in [0, 0.05) is 18.5 Å². The zero-order valence-corrected chi connectivity index (χ0v) is 11.9. The topological polar surface area (TPSA) is 3.24 Å². The van der Waals surface area contributed by atoms with Crippen LogP contribution < -0.4 is 0 Å². The molecule has 1 aliphatic rings.